The summed E-state index contributed by atoms with van der Waals surface area (Å²) < 4.78 is 39.9. The molecule has 0 fully saturated rings. The molecule has 0 amide bonds. The van der Waals surface area contributed by atoms with Crippen molar-refractivity contribution in [3.63, 3.8) is 0 Å². The number of anilines is 1. The molecule has 1 N–H and O–H groups in total. The largest absolute Gasteiger partial charge is 0.417 e. The Bertz CT molecular complexity index is 620. The standard InChI is InChI=1S/C13H13ClF3N3/c1-8-9(7-20(2)19-8)6-18-10-3-4-12(14)11(5-10)13(15,16)17/h3-5,7,18H,6H2,1-2H3. The summed E-state index contributed by atoms with van der Waals surface area (Å²) in [5.74, 6) is 0. The van der Waals surface area contributed by atoms with Gasteiger partial charge in [-0.25, -0.2) is 0 Å². The van der Waals surface area contributed by atoms with Crippen LogP contribution in [0.4, 0.5) is 18.9 Å². The average molecular weight is 304 g/mol. The van der Waals surface area contributed by atoms with Gasteiger partial charge in [-0.15, -0.1) is 0 Å². The van der Waals surface area contributed by atoms with E-state index < -0.39 is 11.7 Å². The van der Waals surface area contributed by atoms with Crippen LogP contribution in [0.2, 0.25) is 5.02 Å². The Kier molecular flexibility index (Phi) is 3.94. The average Bonchev–Trinajstić information content (AvgIpc) is 2.65. The Hall–Kier alpha value is -1.69. The first kappa shape index (κ1) is 14.7. The minimum Gasteiger partial charge on any atom is -0.381 e. The number of alkyl halides is 3. The molecule has 0 spiro atoms. The van der Waals surface area contributed by atoms with E-state index in [2.05, 4.69) is 10.4 Å². The van der Waals surface area contributed by atoms with E-state index in [0.29, 0.717) is 12.2 Å². The highest BCUT2D eigenvalue weighted by Gasteiger charge is 2.33. The third-order valence-corrected chi connectivity index (χ3v) is 3.20. The highest BCUT2D eigenvalue weighted by atomic mass is 35.5. The minimum atomic E-state index is -4.46. The number of aromatic nitrogens is 2. The van der Waals surface area contributed by atoms with Crippen LogP contribution in [0.5, 0.6) is 0 Å². The zero-order valence-electron chi connectivity index (χ0n) is 10.9. The van der Waals surface area contributed by atoms with Crippen LogP contribution in [0, 0.1) is 6.92 Å². The number of hydrogen-bond donors (Lipinski definition) is 1. The lowest BCUT2D eigenvalue weighted by Gasteiger charge is -2.12. The van der Waals surface area contributed by atoms with Gasteiger partial charge in [0.2, 0.25) is 0 Å². The van der Waals surface area contributed by atoms with Gasteiger partial charge in [0, 0.05) is 31.0 Å². The van der Waals surface area contributed by atoms with Gasteiger partial charge >= 0.3 is 6.18 Å². The second-order valence-corrected chi connectivity index (χ2v) is 4.87. The van der Waals surface area contributed by atoms with Gasteiger partial charge in [0.25, 0.3) is 0 Å². The maximum atomic E-state index is 12.7. The number of hydrogen-bond acceptors (Lipinski definition) is 2. The molecule has 3 nitrogen and oxygen atoms in total. The van der Waals surface area contributed by atoms with E-state index in [1.807, 2.05) is 13.1 Å². The fraction of sp³-hybridized carbons (Fsp3) is 0.308. The molecule has 2 rings (SSSR count). The topological polar surface area (TPSA) is 29.9 Å². The molecular formula is C13H13ClF3N3. The number of nitrogens with zero attached hydrogens (tertiary/aromatic N) is 2. The van der Waals surface area contributed by atoms with Crippen molar-refractivity contribution >= 4 is 17.3 Å². The highest BCUT2D eigenvalue weighted by molar-refractivity contribution is 6.31. The van der Waals surface area contributed by atoms with Crippen molar-refractivity contribution in [2.75, 3.05) is 5.32 Å². The van der Waals surface area contributed by atoms with E-state index in [1.165, 1.54) is 12.1 Å². The molecule has 7 heteroatoms. The molecule has 0 radical (unpaired) electrons. The van der Waals surface area contributed by atoms with E-state index >= 15 is 0 Å². The molecule has 108 valence electrons. The van der Waals surface area contributed by atoms with Crippen LogP contribution >= 0.6 is 11.6 Å². The smallest absolute Gasteiger partial charge is 0.381 e. The monoisotopic (exact) mass is 303 g/mol. The Morgan fingerprint density at radius 1 is 1.35 bits per heavy atom. The molecule has 0 aliphatic heterocycles. The molecule has 0 saturated carbocycles. The molecule has 2 aromatic rings. The third kappa shape index (κ3) is 3.25. The van der Waals surface area contributed by atoms with Gasteiger partial charge in [0.1, 0.15) is 0 Å². The van der Waals surface area contributed by atoms with Crippen LogP contribution in [0.1, 0.15) is 16.8 Å². The Morgan fingerprint density at radius 2 is 2.05 bits per heavy atom. The Labute approximate surface area is 119 Å². The van der Waals surface area contributed by atoms with Gasteiger partial charge in [0.05, 0.1) is 16.3 Å². The van der Waals surface area contributed by atoms with Crippen LogP contribution in [-0.2, 0) is 19.8 Å². The van der Waals surface area contributed by atoms with E-state index in [4.69, 9.17) is 11.6 Å². The van der Waals surface area contributed by atoms with Crippen molar-refractivity contribution in [1.29, 1.82) is 0 Å². The predicted molar refractivity (Wildman–Crippen MR) is 71.7 cm³/mol. The number of benzene rings is 1. The quantitative estimate of drug-likeness (QED) is 0.928. The molecule has 0 bridgehead atoms. The summed E-state index contributed by atoms with van der Waals surface area (Å²) in [7, 11) is 1.79. The van der Waals surface area contributed by atoms with Gasteiger partial charge in [-0.1, -0.05) is 11.6 Å². The predicted octanol–water partition coefficient (Wildman–Crippen LogP) is 4.01. The lowest BCUT2D eigenvalue weighted by atomic mass is 10.2. The Balaban J connectivity index is 2.16. The van der Waals surface area contributed by atoms with Crippen molar-refractivity contribution in [2.45, 2.75) is 19.6 Å². The maximum absolute atomic E-state index is 12.7. The SMILES string of the molecule is Cc1nn(C)cc1CNc1ccc(Cl)c(C(F)(F)F)c1. The van der Waals surface area contributed by atoms with Gasteiger partial charge in [-0.2, -0.15) is 18.3 Å². The van der Waals surface area contributed by atoms with Crippen LogP contribution in [0.3, 0.4) is 0 Å². The van der Waals surface area contributed by atoms with Crippen LogP contribution in [-0.4, -0.2) is 9.78 Å². The highest BCUT2D eigenvalue weighted by Crippen LogP contribution is 2.36. The molecule has 0 atom stereocenters. The summed E-state index contributed by atoms with van der Waals surface area (Å²) in [4.78, 5) is 0. The number of aryl methyl sites for hydroxylation is 2. The van der Waals surface area contributed by atoms with Crippen molar-refractivity contribution in [3.8, 4) is 0 Å². The van der Waals surface area contributed by atoms with Gasteiger partial charge in [0.15, 0.2) is 0 Å². The summed E-state index contributed by atoms with van der Waals surface area (Å²) in [6.45, 7) is 2.25. The normalized spacial score (nSPS) is 11.7. The third-order valence-electron chi connectivity index (χ3n) is 2.87. The molecule has 0 aliphatic carbocycles. The first-order valence-corrected chi connectivity index (χ1v) is 6.25. The molecular weight excluding hydrogens is 291 g/mol. The second-order valence-electron chi connectivity index (χ2n) is 4.46. The zero-order chi connectivity index (χ0) is 14.9. The van der Waals surface area contributed by atoms with Crippen LogP contribution in [0.15, 0.2) is 24.4 Å². The van der Waals surface area contributed by atoms with E-state index in [-0.39, 0.29) is 5.02 Å². The first-order chi connectivity index (χ1) is 9.27. The summed E-state index contributed by atoms with van der Waals surface area (Å²) in [5.41, 5.74) is 1.29. The molecule has 0 aliphatic rings. The molecule has 0 unspecified atom stereocenters. The van der Waals surface area contributed by atoms with E-state index in [9.17, 15) is 13.2 Å². The minimum absolute atomic E-state index is 0.305. The van der Waals surface area contributed by atoms with Crippen LogP contribution in [0.25, 0.3) is 0 Å². The molecule has 0 saturated heterocycles. The summed E-state index contributed by atoms with van der Waals surface area (Å²) >= 11 is 5.57. The summed E-state index contributed by atoms with van der Waals surface area (Å²) in [6, 6.07) is 3.76. The number of halogens is 4. The number of nitrogens with one attached hydrogen (secondary N) is 1. The maximum Gasteiger partial charge on any atom is 0.417 e. The first-order valence-electron chi connectivity index (χ1n) is 5.87. The van der Waals surface area contributed by atoms with Crippen molar-refractivity contribution in [1.82, 2.24) is 9.78 Å². The number of rotatable bonds is 3. The fourth-order valence-electron chi connectivity index (χ4n) is 1.87. The zero-order valence-corrected chi connectivity index (χ0v) is 11.7. The fourth-order valence-corrected chi connectivity index (χ4v) is 2.10. The van der Waals surface area contributed by atoms with Gasteiger partial charge < -0.3 is 5.32 Å². The van der Waals surface area contributed by atoms with E-state index in [1.54, 1.807) is 11.7 Å². The molecule has 20 heavy (non-hydrogen) atoms. The van der Waals surface area contributed by atoms with Gasteiger partial charge in [-0.05, 0) is 25.1 Å². The van der Waals surface area contributed by atoms with Crippen molar-refractivity contribution < 1.29 is 13.2 Å². The molecule has 1 aromatic heterocycles. The summed E-state index contributed by atoms with van der Waals surface area (Å²) in [5, 5.41) is 6.81. The van der Waals surface area contributed by atoms with Crippen molar-refractivity contribution in [3.05, 3.63) is 46.2 Å². The van der Waals surface area contributed by atoms with E-state index in [0.717, 1.165) is 17.3 Å². The molecule has 1 heterocycles. The molecule has 1 aromatic carbocycles. The lowest BCUT2D eigenvalue weighted by molar-refractivity contribution is -0.137. The van der Waals surface area contributed by atoms with Crippen molar-refractivity contribution in [2.24, 2.45) is 7.05 Å². The summed E-state index contributed by atoms with van der Waals surface area (Å²) in [6.07, 6.45) is -2.64. The van der Waals surface area contributed by atoms with Crippen LogP contribution < -0.4 is 5.32 Å². The van der Waals surface area contributed by atoms with Gasteiger partial charge in [-0.3, -0.25) is 4.68 Å². The second kappa shape index (κ2) is 5.36. The Morgan fingerprint density at radius 3 is 2.60 bits per heavy atom. The lowest BCUT2D eigenvalue weighted by Crippen LogP contribution is -2.07.